The molecular weight excluding hydrogens is 182 g/mol. The third kappa shape index (κ3) is 2.02. The lowest BCUT2D eigenvalue weighted by molar-refractivity contribution is 0.0522. The smallest absolute Gasteiger partial charge is 0.170 e. The molecule has 0 spiro atoms. The fourth-order valence-electron chi connectivity index (χ4n) is 1.19. The third-order valence-corrected chi connectivity index (χ3v) is 2.01. The van der Waals surface area contributed by atoms with Gasteiger partial charge in [0.2, 0.25) is 0 Å². The summed E-state index contributed by atoms with van der Waals surface area (Å²) in [7, 11) is 0. The van der Waals surface area contributed by atoms with Crippen molar-refractivity contribution >= 4 is 0 Å². The van der Waals surface area contributed by atoms with Crippen LogP contribution in [0, 0.1) is 18.3 Å². The summed E-state index contributed by atoms with van der Waals surface area (Å²) in [5, 5.41) is 36.2. The van der Waals surface area contributed by atoms with Gasteiger partial charge in [-0.25, -0.2) is 0 Å². The molecule has 4 nitrogen and oxygen atoms in total. The van der Waals surface area contributed by atoms with E-state index >= 15 is 0 Å². The van der Waals surface area contributed by atoms with E-state index in [0.29, 0.717) is 11.1 Å². The van der Waals surface area contributed by atoms with E-state index in [-0.39, 0.29) is 5.75 Å². The Morgan fingerprint density at radius 1 is 1.36 bits per heavy atom. The van der Waals surface area contributed by atoms with Crippen molar-refractivity contribution < 1.29 is 15.3 Å². The molecule has 0 saturated carbocycles. The second-order valence-corrected chi connectivity index (χ2v) is 3.06. The summed E-state index contributed by atoms with van der Waals surface area (Å²) in [6.45, 7) is 1.72. The molecule has 0 aliphatic heterocycles. The maximum Gasteiger partial charge on any atom is 0.170 e. The van der Waals surface area contributed by atoms with Crippen molar-refractivity contribution in [3.63, 3.8) is 0 Å². The number of aliphatic hydroxyl groups excluding tert-OH is 2. The first-order chi connectivity index (χ1) is 6.56. The van der Waals surface area contributed by atoms with Crippen molar-refractivity contribution in [3.8, 4) is 11.8 Å². The highest BCUT2D eigenvalue weighted by Gasteiger charge is 2.19. The SMILES string of the molecule is Cc1ccc(O)cc1C(O)C(O)C#N. The van der Waals surface area contributed by atoms with Gasteiger partial charge in [0, 0.05) is 0 Å². The molecule has 1 aromatic rings. The number of rotatable bonds is 2. The van der Waals surface area contributed by atoms with E-state index in [1.807, 2.05) is 0 Å². The Hall–Kier alpha value is -1.57. The Balaban J connectivity index is 3.07. The zero-order valence-corrected chi connectivity index (χ0v) is 7.68. The van der Waals surface area contributed by atoms with Crippen molar-refractivity contribution in [1.82, 2.24) is 0 Å². The highest BCUT2D eigenvalue weighted by Crippen LogP contribution is 2.24. The number of aryl methyl sites for hydroxylation is 1. The minimum Gasteiger partial charge on any atom is -0.508 e. The molecule has 0 aliphatic rings. The summed E-state index contributed by atoms with van der Waals surface area (Å²) in [6.07, 6.45) is -2.76. The molecule has 1 aromatic carbocycles. The molecule has 1 rings (SSSR count). The lowest BCUT2D eigenvalue weighted by Gasteiger charge is -2.14. The van der Waals surface area contributed by atoms with Gasteiger partial charge >= 0.3 is 0 Å². The Morgan fingerprint density at radius 2 is 2.00 bits per heavy atom. The van der Waals surface area contributed by atoms with Crippen molar-refractivity contribution in [2.24, 2.45) is 0 Å². The minimum atomic E-state index is -1.48. The lowest BCUT2D eigenvalue weighted by atomic mass is 10.00. The molecule has 2 atom stereocenters. The normalized spacial score (nSPS) is 14.4. The molecule has 0 heterocycles. The van der Waals surface area contributed by atoms with Gasteiger partial charge in [0.1, 0.15) is 11.9 Å². The van der Waals surface area contributed by atoms with Crippen LogP contribution in [0.2, 0.25) is 0 Å². The maximum atomic E-state index is 9.51. The zero-order valence-electron chi connectivity index (χ0n) is 7.68. The Labute approximate surface area is 81.7 Å². The average Bonchev–Trinajstić information content (AvgIpc) is 2.19. The highest BCUT2D eigenvalue weighted by atomic mass is 16.3. The Morgan fingerprint density at radius 3 is 2.57 bits per heavy atom. The summed E-state index contributed by atoms with van der Waals surface area (Å²) in [4.78, 5) is 0. The van der Waals surface area contributed by atoms with E-state index < -0.39 is 12.2 Å². The van der Waals surface area contributed by atoms with E-state index in [1.54, 1.807) is 13.0 Å². The van der Waals surface area contributed by atoms with Crippen LogP contribution in [0.5, 0.6) is 5.75 Å². The molecule has 0 bridgehead atoms. The molecule has 0 amide bonds. The van der Waals surface area contributed by atoms with Crippen LogP contribution in [-0.4, -0.2) is 21.4 Å². The standard InChI is InChI=1S/C10H11NO3/c1-6-2-3-7(12)4-8(6)10(14)9(13)5-11/h2-4,9-10,12-14H,1H3. The first kappa shape index (κ1) is 10.5. The number of benzene rings is 1. The van der Waals surface area contributed by atoms with Crippen LogP contribution in [0.1, 0.15) is 17.2 Å². The molecular formula is C10H11NO3. The molecule has 0 aromatic heterocycles. The van der Waals surface area contributed by atoms with Gasteiger partial charge in [-0.2, -0.15) is 5.26 Å². The van der Waals surface area contributed by atoms with Crippen molar-refractivity contribution in [2.45, 2.75) is 19.1 Å². The lowest BCUT2D eigenvalue weighted by Crippen LogP contribution is -2.16. The number of phenolic OH excluding ortho intramolecular Hbond substituents is 1. The molecule has 0 radical (unpaired) electrons. The van der Waals surface area contributed by atoms with Crippen LogP contribution >= 0.6 is 0 Å². The summed E-state index contributed by atoms with van der Waals surface area (Å²) < 4.78 is 0. The van der Waals surface area contributed by atoms with Crippen LogP contribution in [0.3, 0.4) is 0 Å². The van der Waals surface area contributed by atoms with E-state index in [9.17, 15) is 5.11 Å². The predicted molar refractivity (Wildman–Crippen MR) is 49.4 cm³/mol. The molecule has 74 valence electrons. The van der Waals surface area contributed by atoms with E-state index in [1.165, 1.54) is 18.2 Å². The topological polar surface area (TPSA) is 84.5 Å². The predicted octanol–water partition coefficient (Wildman–Crippen LogP) is 0.618. The second kappa shape index (κ2) is 4.09. The van der Waals surface area contributed by atoms with Crippen LogP contribution < -0.4 is 0 Å². The number of nitrogens with zero attached hydrogens (tertiary/aromatic N) is 1. The molecule has 0 saturated heterocycles. The highest BCUT2D eigenvalue weighted by molar-refractivity contribution is 5.36. The summed E-state index contributed by atoms with van der Waals surface area (Å²) in [6, 6.07) is 5.95. The summed E-state index contributed by atoms with van der Waals surface area (Å²) >= 11 is 0. The first-order valence-corrected chi connectivity index (χ1v) is 4.11. The average molecular weight is 193 g/mol. The number of hydrogen-bond donors (Lipinski definition) is 3. The summed E-state index contributed by atoms with van der Waals surface area (Å²) in [5.74, 6) is -0.00482. The third-order valence-electron chi connectivity index (χ3n) is 2.01. The van der Waals surface area contributed by atoms with Gasteiger partial charge in [0.15, 0.2) is 6.10 Å². The van der Waals surface area contributed by atoms with Crippen LogP contribution in [0.25, 0.3) is 0 Å². The molecule has 4 heteroatoms. The van der Waals surface area contributed by atoms with Gasteiger partial charge in [0.25, 0.3) is 0 Å². The fraction of sp³-hybridized carbons (Fsp3) is 0.300. The number of nitriles is 1. The minimum absolute atomic E-state index is 0.00482. The number of phenols is 1. The number of aliphatic hydroxyl groups is 2. The van der Waals surface area contributed by atoms with Crippen molar-refractivity contribution in [3.05, 3.63) is 29.3 Å². The van der Waals surface area contributed by atoms with Crippen molar-refractivity contribution in [2.75, 3.05) is 0 Å². The molecule has 3 N–H and O–H groups in total. The van der Waals surface area contributed by atoms with E-state index in [0.717, 1.165) is 0 Å². The zero-order chi connectivity index (χ0) is 10.7. The first-order valence-electron chi connectivity index (χ1n) is 4.11. The Bertz CT molecular complexity index is 370. The largest absolute Gasteiger partial charge is 0.508 e. The van der Waals surface area contributed by atoms with Gasteiger partial charge in [-0.1, -0.05) is 6.07 Å². The quantitative estimate of drug-likeness (QED) is 0.601. The van der Waals surface area contributed by atoms with Gasteiger partial charge in [-0.3, -0.25) is 0 Å². The Kier molecular flexibility index (Phi) is 3.07. The number of aromatic hydroxyl groups is 1. The van der Waals surface area contributed by atoms with Crippen LogP contribution in [-0.2, 0) is 0 Å². The van der Waals surface area contributed by atoms with Gasteiger partial charge in [0.05, 0.1) is 6.07 Å². The second-order valence-electron chi connectivity index (χ2n) is 3.06. The van der Waals surface area contributed by atoms with Gasteiger partial charge in [-0.15, -0.1) is 0 Å². The monoisotopic (exact) mass is 193 g/mol. The van der Waals surface area contributed by atoms with Gasteiger partial charge in [-0.05, 0) is 30.2 Å². The van der Waals surface area contributed by atoms with Crippen LogP contribution in [0.4, 0.5) is 0 Å². The van der Waals surface area contributed by atoms with Gasteiger partial charge < -0.3 is 15.3 Å². The molecule has 2 unspecified atom stereocenters. The molecule has 0 aliphatic carbocycles. The molecule has 0 fully saturated rings. The van der Waals surface area contributed by atoms with E-state index in [4.69, 9.17) is 15.5 Å². The van der Waals surface area contributed by atoms with Crippen molar-refractivity contribution in [1.29, 1.82) is 5.26 Å². The van der Waals surface area contributed by atoms with Crippen LogP contribution in [0.15, 0.2) is 18.2 Å². The molecule has 14 heavy (non-hydrogen) atoms. The number of hydrogen-bond acceptors (Lipinski definition) is 4. The summed E-state index contributed by atoms with van der Waals surface area (Å²) in [5.41, 5.74) is 1.07. The fourth-order valence-corrected chi connectivity index (χ4v) is 1.19. The maximum absolute atomic E-state index is 9.51. The van der Waals surface area contributed by atoms with E-state index in [2.05, 4.69) is 0 Å².